The van der Waals surface area contributed by atoms with Gasteiger partial charge in [-0.25, -0.2) is 9.67 Å². The van der Waals surface area contributed by atoms with Gasteiger partial charge in [-0.05, 0) is 51.1 Å². The maximum Gasteiger partial charge on any atom is 0.153 e. The first-order valence-electron chi connectivity index (χ1n) is 6.41. The highest BCUT2D eigenvalue weighted by atomic mass is 15.3. The van der Waals surface area contributed by atoms with E-state index in [4.69, 9.17) is 0 Å². The zero-order valence-electron chi connectivity index (χ0n) is 11.3. The number of hydrogen-bond donors (Lipinski definition) is 1. The van der Waals surface area contributed by atoms with E-state index in [0.717, 1.165) is 31.0 Å². The molecule has 4 heteroatoms. The average Bonchev–Trinajstić information content (AvgIpc) is 2.68. The molecule has 0 radical (unpaired) electrons. The molecule has 0 aliphatic heterocycles. The second kappa shape index (κ2) is 5.78. The predicted molar refractivity (Wildman–Crippen MR) is 73.1 cm³/mol. The topological polar surface area (TPSA) is 42.7 Å². The summed E-state index contributed by atoms with van der Waals surface area (Å²) in [4.78, 5) is 4.35. The third-order valence-electron chi connectivity index (χ3n) is 3.11. The highest BCUT2D eigenvalue weighted by Crippen LogP contribution is 2.16. The van der Waals surface area contributed by atoms with Crippen LogP contribution in [0.4, 0.5) is 0 Å². The van der Waals surface area contributed by atoms with Crippen molar-refractivity contribution in [3.05, 3.63) is 41.3 Å². The Morgan fingerprint density at radius 2 is 2.11 bits per heavy atom. The van der Waals surface area contributed by atoms with E-state index in [2.05, 4.69) is 36.2 Å². The van der Waals surface area contributed by atoms with E-state index in [1.54, 1.807) is 6.20 Å². The van der Waals surface area contributed by atoms with Gasteiger partial charge in [0.15, 0.2) is 5.82 Å². The molecule has 4 nitrogen and oxygen atoms in total. The van der Waals surface area contributed by atoms with Crippen LogP contribution in [0.1, 0.15) is 23.9 Å². The molecular formula is C14H20N4. The van der Waals surface area contributed by atoms with Crippen molar-refractivity contribution in [1.29, 1.82) is 0 Å². The first-order chi connectivity index (χ1) is 8.74. The van der Waals surface area contributed by atoms with Crippen LogP contribution in [0, 0.1) is 13.8 Å². The van der Waals surface area contributed by atoms with Crippen molar-refractivity contribution in [3.8, 4) is 5.82 Å². The first-order valence-corrected chi connectivity index (χ1v) is 6.41. The van der Waals surface area contributed by atoms with Gasteiger partial charge < -0.3 is 5.32 Å². The Labute approximate surface area is 108 Å². The Kier molecular flexibility index (Phi) is 4.10. The van der Waals surface area contributed by atoms with E-state index in [1.165, 1.54) is 11.3 Å². The van der Waals surface area contributed by atoms with Gasteiger partial charge in [0.2, 0.25) is 0 Å². The molecule has 0 atom stereocenters. The standard InChI is InChI=1S/C14H20N4/c1-4-15-10-8-13-11(2)17-18(12(13)3)14-7-5-6-9-16-14/h5-7,9,15H,4,8,10H2,1-3H3. The number of rotatable bonds is 5. The lowest BCUT2D eigenvalue weighted by Crippen LogP contribution is -2.16. The maximum atomic E-state index is 4.59. The van der Waals surface area contributed by atoms with Gasteiger partial charge in [0.25, 0.3) is 0 Å². The first kappa shape index (κ1) is 12.8. The van der Waals surface area contributed by atoms with Crippen LogP contribution in [0.5, 0.6) is 0 Å². The Morgan fingerprint density at radius 3 is 2.78 bits per heavy atom. The Hall–Kier alpha value is -1.68. The molecule has 2 aromatic heterocycles. The van der Waals surface area contributed by atoms with Gasteiger partial charge in [-0.2, -0.15) is 5.10 Å². The van der Waals surface area contributed by atoms with Crippen LogP contribution in [0.15, 0.2) is 24.4 Å². The summed E-state index contributed by atoms with van der Waals surface area (Å²) in [5, 5.41) is 7.93. The zero-order valence-corrected chi connectivity index (χ0v) is 11.3. The number of aromatic nitrogens is 3. The van der Waals surface area contributed by atoms with Gasteiger partial charge >= 0.3 is 0 Å². The molecule has 0 aliphatic rings. The van der Waals surface area contributed by atoms with Crippen molar-refractivity contribution in [2.45, 2.75) is 27.2 Å². The van der Waals surface area contributed by atoms with E-state index >= 15 is 0 Å². The minimum absolute atomic E-state index is 0.882. The highest BCUT2D eigenvalue weighted by Gasteiger charge is 2.12. The Bertz CT molecular complexity index is 502. The molecule has 96 valence electrons. The number of hydrogen-bond acceptors (Lipinski definition) is 3. The fourth-order valence-corrected chi connectivity index (χ4v) is 2.13. The summed E-state index contributed by atoms with van der Waals surface area (Å²) in [5.41, 5.74) is 3.60. The summed E-state index contributed by atoms with van der Waals surface area (Å²) in [7, 11) is 0. The predicted octanol–water partition coefficient (Wildman–Crippen LogP) is 2.04. The maximum absolute atomic E-state index is 4.59. The molecular weight excluding hydrogens is 224 g/mol. The molecule has 0 unspecified atom stereocenters. The van der Waals surface area contributed by atoms with Crippen LogP contribution in [-0.2, 0) is 6.42 Å². The molecule has 0 bridgehead atoms. The largest absolute Gasteiger partial charge is 0.317 e. The van der Waals surface area contributed by atoms with Gasteiger partial charge in [-0.15, -0.1) is 0 Å². The molecule has 0 saturated carbocycles. The second-order valence-corrected chi connectivity index (χ2v) is 4.35. The fraction of sp³-hybridized carbons (Fsp3) is 0.429. The normalized spacial score (nSPS) is 10.8. The van der Waals surface area contributed by atoms with E-state index < -0.39 is 0 Å². The highest BCUT2D eigenvalue weighted by molar-refractivity contribution is 5.32. The third-order valence-corrected chi connectivity index (χ3v) is 3.11. The summed E-state index contributed by atoms with van der Waals surface area (Å²) < 4.78 is 1.93. The molecule has 2 heterocycles. The average molecular weight is 244 g/mol. The zero-order chi connectivity index (χ0) is 13.0. The molecule has 2 rings (SSSR count). The van der Waals surface area contributed by atoms with Gasteiger partial charge in [0, 0.05) is 11.9 Å². The van der Waals surface area contributed by atoms with E-state index in [9.17, 15) is 0 Å². The lowest BCUT2D eigenvalue weighted by atomic mass is 10.1. The van der Waals surface area contributed by atoms with Crippen molar-refractivity contribution in [1.82, 2.24) is 20.1 Å². The van der Waals surface area contributed by atoms with Crippen molar-refractivity contribution in [2.75, 3.05) is 13.1 Å². The number of likely N-dealkylation sites (N-methyl/N-ethyl adjacent to an activating group) is 1. The monoisotopic (exact) mass is 244 g/mol. The Morgan fingerprint density at radius 1 is 1.28 bits per heavy atom. The van der Waals surface area contributed by atoms with Crippen molar-refractivity contribution < 1.29 is 0 Å². The summed E-state index contributed by atoms with van der Waals surface area (Å²) >= 11 is 0. The quantitative estimate of drug-likeness (QED) is 0.818. The number of nitrogens with one attached hydrogen (secondary N) is 1. The lowest BCUT2D eigenvalue weighted by Gasteiger charge is -2.04. The summed E-state index contributed by atoms with van der Waals surface area (Å²) in [6, 6.07) is 5.88. The number of pyridine rings is 1. The molecule has 0 amide bonds. The van der Waals surface area contributed by atoms with Crippen molar-refractivity contribution in [3.63, 3.8) is 0 Å². The number of aryl methyl sites for hydroxylation is 1. The van der Waals surface area contributed by atoms with Crippen LogP contribution in [0.3, 0.4) is 0 Å². The fourth-order valence-electron chi connectivity index (χ4n) is 2.13. The third kappa shape index (κ3) is 2.59. The van der Waals surface area contributed by atoms with Crippen molar-refractivity contribution >= 4 is 0 Å². The van der Waals surface area contributed by atoms with Crippen LogP contribution >= 0.6 is 0 Å². The van der Waals surface area contributed by atoms with Crippen LogP contribution in [0.25, 0.3) is 5.82 Å². The molecule has 2 aromatic rings. The lowest BCUT2D eigenvalue weighted by molar-refractivity contribution is 0.712. The summed E-state index contributed by atoms with van der Waals surface area (Å²) in [5.74, 6) is 0.882. The number of nitrogens with zero attached hydrogens (tertiary/aromatic N) is 3. The summed E-state index contributed by atoms with van der Waals surface area (Å²) in [6.45, 7) is 8.29. The molecule has 0 aromatic carbocycles. The summed E-state index contributed by atoms with van der Waals surface area (Å²) in [6.07, 6.45) is 2.81. The molecule has 0 aliphatic carbocycles. The molecule has 0 saturated heterocycles. The molecule has 18 heavy (non-hydrogen) atoms. The van der Waals surface area contributed by atoms with Crippen LogP contribution < -0.4 is 5.32 Å². The minimum Gasteiger partial charge on any atom is -0.317 e. The SMILES string of the molecule is CCNCCc1c(C)nn(-c2ccccn2)c1C. The smallest absolute Gasteiger partial charge is 0.153 e. The second-order valence-electron chi connectivity index (χ2n) is 4.35. The van der Waals surface area contributed by atoms with E-state index in [0.29, 0.717) is 0 Å². The van der Waals surface area contributed by atoms with Gasteiger partial charge in [0.1, 0.15) is 0 Å². The van der Waals surface area contributed by atoms with Gasteiger partial charge in [-0.3, -0.25) is 0 Å². The van der Waals surface area contributed by atoms with Crippen molar-refractivity contribution in [2.24, 2.45) is 0 Å². The Balaban J connectivity index is 2.26. The molecule has 0 fully saturated rings. The molecule has 1 N–H and O–H groups in total. The molecule has 0 spiro atoms. The van der Waals surface area contributed by atoms with E-state index in [1.807, 2.05) is 22.9 Å². The van der Waals surface area contributed by atoms with Crippen LogP contribution in [0.2, 0.25) is 0 Å². The minimum atomic E-state index is 0.882. The van der Waals surface area contributed by atoms with Crippen LogP contribution in [-0.4, -0.2) is 27.9 Å². The van der Waals surface area contributed by atoms with E-state index in [-0.39, 0.29) is 0 Å². The van der Waals surface area contributed by atoms with Gasteiger partial charge in [-0.1, -0.05) is 13.0 Å². The van der Waals surface area contributed by atoms with Gasteiger partial charge in [0.05, 0.1) is 5.69 Å².